The molecule has 1 saturated heterocycles. The van der Waals surface area contributed by atoms with E-state index in [2.05, 4.69) is 34.7 Å². The summed E-state index contributed by atoms with van der Waals surface area (Å²) in [5, 5.41) is 6.85. The molecule has 0 saturated carbocycles. The second kappa shape index (κ2) is 8.89. The van der Waals surface area contributed by atoms with Crippen molar-refractivity contribution >= 4 is 29.9 Å². The van der Waals surface area contributed by atoms with Crippen LogP contribution in [0.5, 0.6) is 5.75 Å². The van der Waals surface area contributed by atoms with Crippen molar-refractivity contribution in [2.75, 3.05) is 33.4 Å². The van der Waals surface area contributed by atoms with Crippen molar-refractivity contribution in [1.29, 1.82) is 0 Å². The molecule has 1 aromatic rings. The van der Waals surface area contributed by atoms with Gasteiger partial charge in [0.1, 0.15) is 5.75 Å². The quantitative estimate of drug-likeness (QED) is 0.425. The van der Waals surface area contributed by atoms with Crippen LogP contribution in [0, 0.1) is 0 Å². The largest absolute Gasteiger partial charge is 0.493 e. The predicted octanol–water partition coefficient (Wildman–Crippen LogP) is 2.90. The number of guanidine groups is 1. The number of rotatable bonds is 4. The van der Waals surface area contributed by atoms with Gasteiger partial charge in [0.15, 0.2) is 5.96 Å². The van der Waals surface area contributed by atoms with Crippen molar-refractivity contribution in [3.8, 4) is 5.75 Å². The van der Waals surface area contributed by atoms with Crippen LogP contribution in [0.2, 0.25) is 0 Å². The summed E-state index contributed by atoms with van der Waals surface area (Å²) < 4.78 is 11.5. The van der Waals surface area contributed by atoms with Crippen molar-refractivity contribution in [2.24, 2.45) is 4.99 Å². The molecule has 2 atom stereocenters. The Labute approximate surface area is 161 Å². The van der Waals surface area contributed by atoms with E-state index >= 15 is 0 Å². The van der Waals surface area contributed by atoms with Gasteiger partial charge in [0, 0.05) is 32.7 Å². The summed E-state index contributed by atoms with van der Waals surface area (Å²) in [6, 6.07) is 8.31. The van der Waals surface area contributed by atoms with Crippen LogP contribution in [-0.4, -0.2) is 44.9 Å². The van der Waals surface area contributed by atoms with Gasteiger partial charge in [-0.15, -0.1) is 24.0 Å². The molecule has 0 amide bonds. The fourth-order valence-electron chi connectivity index (χ4n) is 3.32. The molecule has 0 radical (unpaired) electrons. The van der Waals surface area contributed by atoms with Crippen LogP contribution < -0.4 is 15.4 Å². The molecule has 0 spiro atoms. The van der Waals surface area contributed by atoms with Gasteiger partial charge in [0.2, 0.25) is 0 Å². The van der Waals surface area contributed by atoms with Gasteiger partial charge in [0.05, 0.1) is 12.2 Å². The van der Waals surface area contributed by atoms with Gasteiger partial charge in [-0.1, -0.05) is 18.2 Å². The third kappa shape index (κ3) is 4.75. The summed E-state index contributed by atoms with van der Waals surface area (Å²) >= 11 is 0. The van der Waals surface area contributed by atoms with Crippen molar-refractivity contribution < 1.29 is 9.47 Å². The monoisotopic (exact) mass is 445 g/mol. The molecule has 6 heteroatoms. The van der Waals surface area contributed by atoms with Crippen molar-refractivity contribution in [2.45, 2.75) is 37.7 Å². The van der Waals surface area contributed by atoms with Gasteiger partial charge < -0.3 is 20.1 Å². The maximum atomic E-state index is 5.81. The molecule has 1 aromatic carbocycles. The number of para-hydroxylation sites is 1. The summed E-state index contributed by atoms with van der Waals surface area (Å²) in [6.07, 6.45) is 3.27. The van der Waals surface area contributed by atoms with Gasteiger partial charge in [-0.2, -0.15) is 0 Å². The number of hydrogen-bond donors (Lipinski definition) is 2. The van der Waals surface area contributed by atoms with E-state index in [9.17, 15) is 0 Å². The summed E-state index contributed by atoms with van der Waals surface area (Å²) in [5.41, 5.74) is 1.22. The van der Waals surface area contributed by atoms with E-state index in [1.54, 1.807) is 0 Å². The van der Waals surface area contributed by atoms with E-state index < -0.39 is 0 Å². The molecule has 3 rings (SSSR count). The molecule has 2 aliphatic rings. The SMILES string of the molecule is CN=C(NCC1CCOc2ccccc21)NCC1(C)CCCO1.I. The first-order chi connectivity index (χ1) is 11.2. The van der Waals surface area contributed by atoms with Gasteiger partial charge in [-0.05, 0) is 37.8 Å². The minimum atomic E-state index is -0.0666. The summed E-state index contributed by atoms with van der Waals surface area (Å²) in [5.74, 6) is 2.31. The molecule has 2 unspecified atom stereocenters. The first-order valence-electron chi connectivity index (χ1n) is 8.50. The molecule has 2 aliphatic heterocycles. The van der Waals surface area contributed by atoms with Crippen molar-refractivity contribution in [1.82, 2.24) is 10.6 Å². The lowest BCUT2D eigenvalue weighted by atomic mass is 9.93. The Hall–Kier alpha value is -1.02. The fraction of sp³-hybridized carbons (Fsp3) is 0.611. The van der Waals surface area contributed by atoms with Crippen LogP contribution in [0.3, 0.4) is 0 Å². The van der Waals surface area contributed by atoms with Gasteiger partial charge >= 0.3 is 0 Å². The lowest BCUT2D eigenvalue weighted by molar-refractivity contribution is 0.0243. The van der Waals surface area contributed by atoms with Crippen LogP contribution in [0.1, 0.15) is 37.7 Å². The Morgan fingerprint density at radius 1 is 1.29 bits per heavy atom. The predicted molar refractivity (Wildman–Crippen MR) is 108 cm³/mol. The molecule has 2 heterocycles. The molecule has 5 nitrogen and oxygen atoms in total. The first kappa shape index (κ1) is 19.3. The van der Waals surface area contributed by atoms with Gasteiger partial charge in [-0.25, -0.2) is 0 Å². The summed E-state index contributed by atoms with van der Waals surface area (Å²) in [4.78, 5) is 4.33. The first-order valence-corrected chi connectivity index (χ1v) is 8.50. The highest BCUT2D eigenvalue weighted by Gasteiger charge is 2.29. The van der Waals surface area contributed by atoms with Crippen LogP contribution in [-0.2, 0) is 4.74 Å². The second-order valence-electron chi connectivity index (χ2n) is 6.58. The highest BCUT2D eigenvalue weighted by Crippen LogP contribution is 2.32. The maximum Gasteiger partial charge on any atom is 0.191 e. The van der Waals surface area contributed by atoms with Crippen molar-refractivity contribution in [3.05, 3.63) is 29.8 Å². The number of ether oxygens (including phenoxy) is 2. The second-order valence-corrected chi connectivity index (χ2v) is 6.58. The zero-order valence-electron chi connectivity index (χ0n) is 14.5. The average Bonchev–Trinajstić information content (AvgIpc) is 3.02. The number of fused-ring (bicyclic) bond motifs is 1. The lowest BCUT2D eigenvalue weighted by Gasteiger charge is -2.28. The van der Waals surface area contributed by atoms with E-state index in [4.69, 9.17) is 9.47 Å². The number of halogens is 1. The zero-order chi connectivity index (χ0) is 16.1. The topological polar surface area (TPSA) is 54.9 Å². The minimum Gasteiger partial charge on any atom is -0.493 e. The lowest BCUT2D eigenvalue weighted by Crippen LogP contribution is -2.46. The number of benzene rings is 1. The molecular weight excluding hydrogens is 417 g/mol. The number of nitrogens with zero attached hydrogens (tertiary/aromatic N) is 1. The molecule has 0 aliphatic carbocycles. The Kier molecular flexibility index (Phi) is 7.16. The van der Waals surface area contributed by atoms with E-state index in [-0.39, 0.29) is 29.6 Å². The van der Waals surface area contributed by atoms with Crippen LogP contribution in [0.4, 0.5) is 0 Å². The average molecular weight is 445 g/mol. The standard InChI is InChI=1S/C18H27N3O2.HI/c1-18(9-5-10-23-18)13-21-17(19-2)20-12-14-8-11-22-16-7-4-3-6-15(14)16;/h3-4,6-7,14H,5,8-13H2,1-2H3,(H2,19,20,21);1H. The number of nitrogens with one attached hydrogen (secondary N) is 2. The molecule has 2 N–H and O–H groups in total. The van der Waals surface area contributed by atoms with E-state index in [0.29, 0.717) is 5.92 Å². The fourth-order valence-corrected chi connectivity index (χ4v) is 3.32. The van der Waals surface area contributed by atoms with Gasteiger partial charge in [0.25, 0.3) is 0 Å². The van der Waals surface area contributed by atoms with Gasteiger partial charge in [-0.3, -0.25) is 4.99 Å². The third-order valence-electron chi connectivity index (χ3n) is 4.75. The normalized spacial score (nSPS) is 26.1. The van der Waals surface area contributed by atoms with E-state index in [1.165, 1.54) is 5.56 Å². The Balaban J connectivity index is 0.00000208. The maximum absolute atomic E-state index is 5.81. The summed E-state index contributed by atoms with van der Waals surface area (Å²) in [7, 11) is 1.81. The number of aliphatic imine (C=N–C) groups is 1. The Bertz CT molecular complexity index is 559. The van der Waals surface area contributed by atoms with E-state index in [1.807, 2.05) is 19.2 Å². The highest BCUT2D eigenvalue weighted by molar-refractivity contribution is 14.0. The molecule has 1 fully saturated rings. The molecular formula is C18H28IN3O2. The number of hydrogen-bond acceptors (Lipinski definition) is 3. The van der Waals surface area contributed by atoms with Crippen molar-refractivity contribution in [3.63, 3.8) is 0 Å². The van der Waals surface area contributed by atoms with E-state index in [0.717, 1.165) is 57.3 Å². The highest BCUT2D eigenvalue weighted by atomic mass is 127. The third-order valence-corrected chi connectivity index (χ3v) is 4.75. The smallest absolute Gasteiger partial charge is 0.191 e. The Morgan fingerprint density at radius 2 is 2.12 bits per heavy atom. The summed E-state index contributed by atoms with van der Waals surface area (Å²) in [6.45, 7) is 5.45. The van der Waals surface area contributed by atoms with Crippen LogP contribution in [0.25, 0.3) is 0 Å². The zero-order valence-corrected chi connectivity index (χ0v) is 16.8. The molecule has 0 aromatic heterocycles. The van der Waals surface area contributed by atoms with Crippen LogP contribution >= 0.6 is 24.0 Å². The van der Waals surface area contributed by atoms with Crippen LogP contribution in [0.15, 0.2) is 29.3 Å². The Morgan fingerprint density at radius 3 is 2.88 bits per heavy atom. The minimum absolute atomic E-state index is 0. The molecule has 134 valence electrons. The molecule has 0 bridgehead atoms. The molecule has 24 heavy (non-hydrogen) atoms.